The summed E-state index contributed by atoms with van der Waals surface area (Å²) in [7, 11) is 0. The van der Waals surface area contributed by atoms with Crippen LogP contribution in [0.3, 0.4) is 0 Å². The lowest BCUT2D eigenvalue weighted by Crippen LogP contribution is -2.19. The average Bonchev–Trinajstić information content (AvgIpc) is 3.35. The highest BCUT2D eigenvalue weighted by molar-refractivity contribution is 7.81. The van der Waals surface area contributed by atoms with Gasteiger partial charge in [0.05, 0.1) is 11.1 Å². The molecule has 0 saturated carbocycles. The Labute approximate surface area is 203 Å². The maximum absolute atomic E-state index is 10.1. The molecule has 0 fully saturated rings. The van der Waals surface area contributed by atoms with Crippen molar-refractivity contribution >= 4 is 25.3 Å². The fourth-order valence-corrected chi connectivity index (χ4v) is 4.52. The minimum atomic E-state index is -0.329. The topological polar surface area (TPSA) is 92.5 Å². The van der Waals surface area contributed by atoms with Crippen LogP contribution < -0.4 is 0 Å². The standard InChI is InChI=1S/C24H40N2O4S2/c1-6-23(2,3)11-9-16(31)7-8-17(32)10-12-24(4,5)13-18(19-14-29-25-21(19)27)20-15-30-26-22(20)28/h14-18,31-32H,6-13H2,1-5H3,(H,25,27)(H,26,28). The maximum atomic E-state index is 10.1. The third-order valence-electron chi connectivity index (χ3n) is 6.76. The fraction of sp³-hybridized carbons (Fsp3) is 0.750. The minimum Gasteiger partial charge on any atom is -0.491 e. The Morgan fingerprint density at radius 1 is 0.812 bits per heavy atom. The summed E-state index contributed by atoms with van der Waals surface area (Å²) in [6.07, 6.45) is 11.1. The third kappa shape index (κ3) is 8.25. The Bertz CT molecular complexity index is 778. The van der Waals surface area contributed by atoms with Gasteiger partial charge in [0.2, 0.25) is 0 Å². The summed E-state index contributed by atoms with van der Waals surface area (Å²) in [5.41, 5.74) is 1.35. The Kier molecular flexibility index (Phi) is 9.88. The maximum Gasteiger partial charge on any atom is 0.255 e. The molecule has 0 amide bonds. The molecule has 0 saturated heterocycles. The van der Waals surface area contributed by atoms with Crippen LogP contribution in [0.1, 0.15) is 103 Å². The molecule has 0 aromatic carbocycles. The van der Waals surface area contributed by atoms with E-state index in [0.29, 0.717) is 33.5 Å². The molecular weight excluding hydrogens is 444 g/mol. The van der Waals surface area contributed by atoms with Gasteiger partial charge in [-0.1, -0.05) is 41.0 Å². The van der Waals surface area contributed by atoms with Gasteiger partial charge in [-0.3, -0.25) is 0 Å². The highest BCUT2D eigenvalue weighted by atomic mass is 32.1. The van der Waals surface area contributed by atoms with Gasteiger partial charge in [0.1, 0.15) is 12.5 Å². The molecule has 0 aliphatic rings. The van der Waals surface area contributed by atoms with Crippen LogP contribution in [0.5, 0.6) is 11.8 Å². The van der Waals surface area contributed by atoms with E-state index in [4.69, 9.17) is 34.3 Å². The first kappa shape index (κ1) is 27.0. The van der Waals surface area contributed by atoms with Gasteiger partial charge in [0.15, 0.2) is 0 Å². The van der Waals surface area contributed by atoms with E-state index < -0.39 is 0 Å². The van der Waals surface area contributed by atoms with Crippen molar-refractivity contribution in [1.29, 1.82) is 0 Å². The van der Waals surface area contributed by atoms with E-state index in [1.165, 1.54) is 25.4 Å². The van der Waals surface area contributed by atoms with Crippen LogP contribution >= 0.6 is 25.3 Å². The first-order valence-corrected chi connectivity index (χ1v) is 12.6. The molecular formula is C24H40N2O4S2. The van der Waals surface area contributed by atoms with Crippen molar-refractivity contribution < 1.29 is 19.3 Å². The Morgan fingerprint density at radius 3 is 1.62 bits per heavy atom. The lowest BCUT2D eigenvalue weighted by Gasteiger charge is -2.30. The Hall–Kier alpha value is -1.28. The minimum absolute atomic E-state index is 0.0788. The number of thiol groups is 2. The van der Waals surface area contributed by atoms with Gasteiger partial charge in [-0.25, -0.2) is 0 Å². The second-order valence-electron chi connectivity index (χ2n) is 10.6. The van der Waals surface area contributed by atoms with Crippen molar-refractivity contribution in [3.63, 3.8) is 0 Å². The van der Waals surface area contributed by atoms with Crippen LogP contribution in [0.4, 0.5) is 0 Å². The summed E-state index contributed by atoms with van der Waals surface area (Å²) in [5.74, 6) is -0.682. The summed E-state index contributed by atoms with van der Waals surface area (Å²) in [4.78, 5) is 0. The molecule has 2 rings (SSSR count). The van der Waals surface area contributed by atoms with Gasteiger partial charge >= 0.3 is 0 Å². The van der Waals surface area contributed by atoms with Crippen molar-refractivity contribution in [3.8, 4) is 11.8 Å². The number of hydrogen-bond acceptors (Lipinski definition) is 8. The first-order valence-electron chi connectivity index (χ1n) is 11.6. The monoisotopic (exact) mass is 484 g/mol. The predicted octanol–water partition coefficient (Wildman–Crippen LogP) is 7.00. The van der Waals surface area contributed by atoms with Crippen LogP contribution in [0.25, 0.3) is 0 Å². The molecule has 182 valence electrons. The van der Waals surface area contributed by atoms with E-state index in [2.05, 4.69) is 44.9 Å². The van der Waals surface area contributed by atoms with Gasteiger partial charge in [-0.15, -0.1) is 0 Å². The third-order valence-corrected chi connectivity index (χ3v) is 7.79. The van der Waals surface area contributed by atoms with E-state index in [9.17, 15) is 10.2 Å². The molecule has 0 aliphatic carbocycles. The van der Waals surface area contributed by atoms with Crippen molar-refractivity contribution in [2.45, 2.75) is 102 Å². The number of rotatable bonds is 14. The summed E-state index contributed by atoms with van der Waals surface area (Å²) in [6, 6.07) is 0. The zero-order valence-electron chi connectivity index (χ0n) is 20.0. The predicted molar refractivity (Wildman–Crippen MR) is 134 cm³/mol. The van der Waals surface area contributed by atoms with Crippen LogP contribution in [0, 0.1) is 10.8 Å². The normalized spacial score (nSPS) is 14.8. The molecule has 2 atom stereocenters. The molecule has 2 N–H and O–H groups in total. The zero-order chi connectivity index (χ0) is 23.9. The largest absolute Gasteiger partial charge is 0.491 e. The van der Waals surface area contributed by atoms with E-state index in [1.807, 2.05) is 0 Å². The molecule has 2 heterocycles. The second kappa shape index (κ2) is 11.7. The highest BCUT2D eigenvalue weighted by Crippen LogP contribution is 2.44. The molecule has 6 nitrogen and oxygen atoms in total. The van der Waals surface area contributed by atoms with Crippen molar-refractivity contribution in [3.05, 3.63) is 23.7 Å². The number of aromatic nitrogens is 2. The lowest BCUT2D eigenvalue weighted by molar-refractivity contribution is 0.278. The van der Waals surface area contributed by atoms with E-state index in [1.54, 1.807) is 0 Å². The van der Waals surface area contributed by atoms with Gasteiger partial charge in [0.25, 0.3) is 11.8 Å². The van der Waals surface area contributed by atoms with E-state index >= 15 is 0 Å². The lowest BCUT2D eigenvalue weighted by atomic mass is 9.75. The fourth-order valence-electron chi connectivity index (χ4n) is 3.96. The summed E-state index contributed by atoms with van der Waals surface area (Å²) < 4.78 is 9.85. The molecule has 2 aromatic rings. The summed E-state index contributed by atoms with van der Waals surface area (Å²) in [5, 5.41) is 28.1. The molecule has 8 heteroatoms. The quantitative estimate of drug-likeness (QED) is 0.216. The molecule has 2 unspecified atom stereocenters. The molecule has 0 spiro atoms. The van der Waals surface area contributed by atoms with Crippen LogP contribution in [-0.2, 0) is 0 Å². The smallest absolute Gasteiger partial charge is 0.255 e. The average molecular weight is 485 g/mol. The van der Waals surface area contributed by atoms with Crippen molar-refractivity contribution in [2.24, 2.45) is 10.8 Å². The summed E-state index contributed by atoms with van der Waals surface area (Å²) in [6.45, 7) is 11.3. The van der Waals surface area contributed by atoms with Crippen molar-refractivity contribution in [2.75, 3.05) is 0 Å². The molecule has 0 radical (unpaired) electrons. The molecule has 0 aliphatic heterocycles. The zero-order valence-corrected chi connectivity index (χ0v) is 21.8. The van der Waals surface area contributed by atoms with Gasteiger partial charge in [0, 0.05) is 16.4 Å². The van der Waals surface area contributed by atoms with Gasteiger partial charge < -0.3 is 19.3 Å². The van der Waals surface area contributed by atoms with Gasteiger partial charge in [-0.2, -0.15) is 25.3 Å². The Morgan fingerprint density at radius 2 is 1.25 bits per heavy atom. The first-order chi connectivity index (χ1) is 14.9. The summed E-state index contributed by atoms with van der Waals surface area (Å²) >= 11 is 9.64. The second-order valence-corrected chi connectivity index (χ2v) is 12.0. The van der Waals surface area contributed by atoms with E-state index in [-0.39, 0.29) is 23.1 Å². The van der Waals surface area contributed by atoms with Crippen molar-refractivity contribution in [1.82, 2.24) is 10.3 Å². The number of aromatic hydroxyl groups is 2. The van der Waals surface area contributed by atoms with Crippen LogP contribution in [0.2, 0.25) is 0 Å². The molecule has 32 heavy (non-hydrogen) atoms. The van der Waals surface area contributed by atoms with Gasteiger partial charge in [-0.05, 0) is 66.1 Å². The van der Waals surface area contributed by atoms with E-state index in [0.717, 1.165) is 32.1 Å². The molecule has 2 aromatic heterocycles. The molecule has 0 bridgehead atoms. The highest BCUT2D eigenvalue weighted by Gasteiger charge is 2.32. The SMILES string of the molecule is CCC(C)(C)CCC(S)CCC(S)CCC(C)(C)CC(c1conc1O)c1conc1O. The number of hydrogen-bond donors (Lipinski definition) is 4. The number of nitrogens with zero attached hydrogens (tertiary/aromatic N) is 2. The van der Waals surface area contributed by atoms with Crippen LogP contribution in [-0.4, -0.2) is 31.0 Å². The van der Waals surface area contributed by atoms with Crippen LogP contribution in [0.15, 0.2) is 21.6 Å². The Balaban J connectivity index is 1.88.